The van der Waals surface area contributed by atoms with Gasteiger partial charge in [-0.3, -0.25) is 4.79 Å². The topological polar surface area (TPSA) is 101 Å². The van der Waals surface area contributed by atoms with Crippen LogP contribution >= 0.6 is 0 Å². The van der Waals surface area contributed by atoms with Crippen LogP contribution in [0.2, 0.25) is 0 Å². The standard InChI is InChI=1S/C31H30N2O5/c1-20(2)38-28-16-14-21(13-15-22-9-5-8-12-27(22)37-4)17-25(28)29(34)33-31(3,30(35)36)18-23-19-32-26-11-7-6-10-24(23)26/h5-12,14,16-17,19-20,32H,18H2,1-4H3,(H,33,34)(H,35,36). The number of nitrogens with one attached hydrogen (secondary N) is 2. The third kappa shape index (κ3) is 5.81. The van der Waals surface area contributed by atoms with Crippen molar-refractivity contribution >= 4 is 22.8 Å². The first-order valence-corrected chi connectivity index (χ1v) is 12.3. The molecule has 0 aliphatic carbocycles. The van der Waals surface area contributed by atoms with Crippen LogP contribution in [0.25, 0.3) is 10.9 Å². The molecule has 3 aromatic carbocycles. The SMILES string of the molecule is COc1ccccc1C#Cc1ccc(OC(C)C)c(C(=O)NC(C)(Cc2c[nH]c3ccccc23)C(=O)O)c1. The Hall–Kier alpha value is -4.70. The minimum absolute atomic E-state index is 0.0890. The number of aromatic nitrogens is 1. The van der Waals surface area contributed by atoms with Gasteiger partial charge in [0.2, 0.25) is 0 Å². The van der Waals surface area contributed by atoms with Gasteiger partial charge in [0.15, 0.2) is 0 Å². The molecule has 3 N–H and O–H groups in total. The molecular formula is C31H30N2O5. The van der Waals surface area contributed by atoms with E-state index in [0.29, 0.717) is 22.6 Å². The van der Waals surface area contributed by atoms with Crippen molar-refractivity contribution in [3.63, 3.8) is 0 Å². The van der Waals surface area contributed by atoms with E-state index < -0.39 is 17.4 Å². The number of aromatic amines is 1. The van der Waals surface area contributed by atoms with E-state index in [1.54, 1.807) is 31.5 Å². The van der Waals surface area contributed by atoms with E-state index in [0.717, 1.165) is 16.5 Å². The molecule has 1 aromatic heterocycles. The number of aliphatic carboxylic acids is 1. The number of para-hydroxylation sites is 2. The number of hydrogen-bond donors (Lipinski definition) is 3. The van der Waals surface area contributed by atoms with Crippen LogP contribution in [0, 0.1) is 11.8 Å². The van der Waals surface area contributed by atoms with E-state index in [1.165, 1.54) is 6.92 Å². The molecule has 7 nitrogen and oxygen atoms in total. The molecule has 1 unspecified atom stereocenters. The van der Waals surface area contributed by atoms with E-state index in [2.05, 4.69) is 22.1 Å². The van der Waals surface area contributed by atoms with Crippen LogP contribution in [0.3, 0.4) is 0 Å². The summed E-state index contributed by atoms with van der Waals surface area (Å²) < 4.78 is 11.2. The first-order valence-electron chi connectivity index (χ1n) is 12.3. The molecule has 194 valence electrons. The maximum absolute atomic E-state index is 13.6. The Morgan fingerprint density at radius 1 is 1.03 bits per heavy atom. The number of carboxylic acids is 1. The first kappa shape index (κ1) is 26.4. The highest BCUT2D eigenvalue weighted by Crippen LogP contribution is 2.26. The zero-order chi connectivity index (χ0) is 27.3. The second-order valence-electron chi connectivity index (χ2n) is 9.46. The number of rotatable bonds is 8. The summed E-state index contributed by atoms with van der Waals surface area (Å²) in [5.41, 5.74) is 1.61. The molecule has 0 saturated heterocycles. The number of carbonyl (C=O) groups is 2. The van der Waals surface area contributed by atoms with Gasteiger partial charge < -0.3 is 24.9 Å². The number of benzene rings is 3. The fourth-order valence-electron chi connectivity index (χ4n) is 4.18. The highest BCUT2D eigenvalue weighted by atomic mass is 16.5. The van der Waals surface area contributed by atoms with Crippen molar-refractivity contribution in [2.75, 3.05) is 7.11 Å². The van der Waals surface area contributed by atoms with Crippen molar-refractivity contribution in [3.8, 4) is 23.3 Å². The molecule has 4 aromatic rings. The highest BCUT2D eigenvalue weighted by molar-refractivity contribution is 6.00. The molecule has 1 amide bonds. The Morgan fingerprint density at radius 3 is 2.50 bits per heavy atom. The van der Waals surface area contributed by atoms with Crippen molar-refractivity contribution in [1.82, 2.24) is 10.3 Å². The van der Waals surface area contributed by atoms with Crippen LogP contribution in [-0.4, -0.2) is 40.7 Å². The van der Waals surface area contributed by atoms with E-state index in [4.69, 9.17) is 9.47 Å². The first-order chi connectivity index (χ1) is 18.2. The molecule has 0 saturated carbocycles. The third-order valence-electron chi connectivity index (χ3n) is 6.12. The summed E-state index contributed by atoms with van der Waals surface area (Å²) >= 11 is 0. The maximum atomic E-state index is 13.6. The lowest BCUT2D eigenvalue weighted by molar-refractivity contribution is -0.143. The van der Waals surface area contributed by atoms with Crippen molar-refractivity contribution < 1.29 is 24.2 Å². The average molecular weight is 511 g/mol. The Kier molecular flexibility index (Phi) is 7.73. The van der Waals surface area contributed by atoms with Crippen molar-refractivity contribution in [2.24, 2.45) is 0 Å². The van der Waals surface area contributed by atoms with Gasteiger partial charge in [0.25, 0.3) is 5.91 Å². The quantitative estimate of drug-likeness (QED) is 0.284. The van der Waals surface area contributed by atoms with Gasteiger partial charge in [-0.2, -0.15) is 0 Å². The fraction of sp³-hybridized carbons (Fsp3) is 0.226. The minimum Gasteiger partial charge on any atom is -0.495 e. The number of hydrogen-bond acceptors (Lipinski definition) is 4. The summed E-state index contributed by atoms with van der Waals surface area (Å²) in [6.45, 7) is 5.22. The smallest absolute Gasteiger partial charge is 0.329 e. The molecule has 0 radical (unpaired) electrons. The zero-order valence-corrected chi connectivity index (χ0v) is 21.8. The van der Waals surface area contributed by atoms with Gasteiger partial charge in [0.1, 0.15) is 17.0 Å². The molecule has 4 rings (SSSR count). The monoisotopic (exact) mass is 510 g/mol. The molecule has 7 heteroatoms. The molecule has 0 fully saturated rings. The predicted octanol–water partition coefficient (Wildman–Crippen LogP) is 5.18. The summed E-state index contributed by atoms with van der Waals surface area (Å²) in [5.74, 6) is 5.43. The highest BCUT2D eigenvalue weighted by Gasteiger charge is 2.36. The van der Waals surface area contributed by atoms with Crippen LogP contribution in [0.1, 0.15) is 47.8 Å². The van der Waals surface area contributed by atoms with Gasteiger partial charge in [-0.15, -0.1) is 0 Å². The number of fused-ring (bicyclic) bond motifs is 1. The molecule has 1 heterocycles. The lowest BCUT2D eigenvalue weighted by Crippen LogP contribution is -2.53. The molecule has 0 aliphatic rings. The van der Waals surface area contributed by atoms with Gasteiger partial charge in [-0.1, -0.05) is 42.2 Å². The Bertz CT molecular complexity index is 1540. The molecule has 0 bridgehead atoms. The molecular weight excluding hydrogens is 480 g/mol. The summed E-state index contributed by atoms with van der Waals surface area (Å²) in [6.07, 6.45) is 1.68. The van der Waals surface area contributed by atoms with E-state index in [-0.39, 0.29) is 18.1 Å². The Balaban J connectivity index is 1.67. The fourth-order valence-corrected chi connectivity index (χ4v) is 4.18. The average Bonchev–Trinajstić information content (AvgIpc) is 3.30. The van der Waals surface area contributed by atoms with Gasteiger partial charge >= 0.3 is 5.97 Å². The van der Waals surface area contributed by atoms with Crippen LogP contribution < -0.4 is 14.8 Å². The van der Waals surface area contributed by atoms with E-state index in [9.17, 15) is 14.7 Å². The van der Waals surface area contributed by atoms with Crippen molar-refractivity contribution in [1.29, 1.82) is 0 Å². The lowest BCUT2D eigenvalue weighted by atomic mass is 9.92. The Labute approximate surface area is 221 Å². The molecule has 0 spiro atoms. The van der Waals surface area contributed by atoms with E-state index >= 15 is 0 Å². The molecule has 1 atom stereocenters. The van der Waals surface area contributed by atoms with Crippen molar-refractivity contribution in [2.45, 2.75) is 38.8 Å². The van der Waals surface area contributed by atoms with Crippen LogP contribution in [0.4, 0.5) is 0 Å². The normalized spacial score (nSPS) is 12.3. The van der Waals surface area contributed by atoms with E-state index in [1.807, 2.05) is 62.4 Å². The third-order valence-corrected chi connectivity index (χ3v) is 6.12. The number of ether oxygens (including phenoxy) is 2. The number of methoxy groups -OCH3 is 1. The number of amides is 1. The second-order valence-corrected chi connectivity index (χ2v) is 9.46. The van der Waals surface area contributed by atoms with Crippen LogP contribution in [-0.2, 0) is 11.2 Å². The van der Waals surface area contributed by atoms with Crippen LogP contribution in [0.15, 0.2) is 72.9 Å². The summed E-state index contributed by atoms with van der Waals surface area (Å²) in [5, 5.41) is 13.8. The van der Waals surface area contributed by atoms with Crippen LogP contribution in [0.5, 0.6) is 11.5 Å². The van der Waals surface area contributed by atoms with Gasteiger partial charge in [-0.25, -0.2) is 4.79 Å². The number of carboxylic acid groups (broad SMARTS) is 1. The maximum Gasteiger partial charge on any atom is 0.329 e. The minimum atomic E-state index is -1.57. The number of H-pyrrole nitrogens is 1. The van der Waals surface area contributed by atoms with Crippen molar-refractivity contribution in [3.05, 3.63) is 95.2 Å². The summed E-state index contributed by atoms with van der Waals surface area (Å²) in [6, 6.07) is 20.1. The molecule has 0 aliphatic heterocycles. The van der Waals surface area contributed by atoms with Gasteiger partial charge in [0.05, 0.1) is 24.3 Å². The zero-order valence-electron chi connectivity index (χ0n) is 21.8. The second kappa shape index (κ2) is 11.1. The molecule has 38 heavy (non-hydrogen) atoms. The van der Waals surface area contributed by atoms with Gasteiger partial charge in [0, 0.05) is 29.1 Å². The number of carbonyl (C=O) groups excluding carboxylic acids is 1. The summed E-state index contributed by atoms with van der Waals surface area (Å²) in [4.78, 5) is 29.1. The largest absolute Gasteiger partial charge is 0.495 e. The predicted molar refractivity (Wildman–Crippen MR) is 147 cm³/mol. The summed E-state index contributed by atoms with van der Waals surface area (Å²) in [7, 11) is 1.58. The van der Waals surface area contributed by atoms with Gasteiger partial charge in [-0.05, 0) is 62.7 Å². The lowest BCUT2D eigenvalue weighted by Gasteiger charge is -2.27. The Morgan fingerprint density at radius 2 is 1.76 bits per heavy atom.